The van der Waals surface area contributed by atoms with Crippen LogP contribution in [0.25, 0.3) is 0 Å². The molecular weight excluding hydrogens is 408 g/mol. The summed E-state index contributed by atoms with van der Waals surface area (Å²) in [5.41, 5.74) is 1.11. The van der Waals surface area contributed by atoms with Gasteiger partial charge in [0.2, 0.25) is 15.9 Å². The lowest BCUT2D eigenvalue weighted by Gasteiger charge is -2.29. The van der Waals surface area contributed by atoms with E-state index in [9.17, 15) is 18.0 Å². The highest BCUT2D eigenvalue weighted by atomic mass is 32.2. The summed E-state index contributed by atoms with van der Waals surface area (Å²) < 4.78 is 32.6. The molecule has 9 nitrogen and oxygen atoms in total. The van der Waals surface area contributed by atoms with Crippen LogP contribution in [0, 0.1) is 0 Å². The number of carbonyl (C=O) groups is 2. The number of anilines is 1. The summed E-state index contributed by atoms with van der Waals surface area (Å²) in [4.78, 5) is 30.2. The number of sulfonamides is 1. The van der Waals surface area contributed by atoms with E-state index in [4.69, 9.17) is 4.74 Å². The number of ether oxygens (including phenoxy) is 1. The first-order chi connectivity index (χ1) is 14.4. The number of carbonyl (C=O) groups excluding carboxylic acids is 2. The number of amides is 2. The van der Waals surface area contributed by atoms with E-state index in [0.29, 0.717) is 18.8 Å². The predicted octanol–water partition coefficient (Wildman–Crippen LogP) is 0.908. The molecule has 3 heterocycles. The quantitative estimate of drug-likeness (QED) is 0.730. The van der Waals surface area contributed by atoms with Crippen molar-refractivity contribution in [1.82, 2.24) is 14.6 Å². The van der Waals surface area contributed by atoms with E-state index in [1.807, 2.05) is 6.07 Å². The second kappa shape index (κ2) is 8.41. The Hall–Kier alpha value is -2.98. The minimum atomic E-state index is -3.66. The Morgan fingerprint density at radius 1 is 1.20 bits per heavy atom. The van der Waals surface area contributed by atoms with Gasteiger partial charge in [-0.15, -0.1) is 0 Å². The summed E-state index contributed by atoms with van der Waals surface area (Å²) in [7, 11) is -3.66. The van der Waals surface area contributed by atoms with Crippen LogP contribution < -0.4 is 15.0 Å². The van der Waals surface area contributed by atoms with Crippen molar-refractivity contribution >= 4 is 27.5 Å². The first-order valence-corrected chi connectivity index (χ1v) is 11.1. The first-order valence-electron chi connectivity index (χ1n) is 9.68. The van der Waals surface area contributed by atoms with Gasteiger partial charge < -0.3 is 10.1 Å². The SMILES string of the molecule is O=C(CN1C(=O)COc2ccc(S(=O)(=O)N3CCCC3)cc21)NCc1cccnc1. The molecule has 1 aromatic heterocycles. The van der Waals surface area contributed by atoms with E-state index in [1.54, 1.807) is 18.5 Å². The minimum Gasteiger partial charge on any atom is -0.482 e. The normalized spacial score (nSPS) is 16.8. The molecule has 30 heavy (non-hydrogen) atoms. The van der Waals surface area contributed by atoms with Crippen molar-refractivity contribution in [3.8, 4) is 5.75 Å². The third-order valence-electron chi connectivity index (χ3n) is 5.09. The Balaban J connectivity index is 1.53. The topological polar surface area (TPSA) is 109 Å². The van der Waals surface area contributed by atoms with Crippen LogP contribution in [0.3, 0.4) is 0 Å². The van der Waals surface area contributed by atoms with Gasteiger partial charge >= 0.3 is 0 Å². The molecule has 1 N–H and O–H groups in total. The monoisotopic (exact) mass is 430 g/mol. The third kappa shape index (κ3) is 4.14. The van der Waals surface area contributed by atoms with Gasteiger partial charge in [-0.05, 0) is 42.7 Å². The predicted molar refractivity (Wildman–Crippen MR) is 108 cm³/mol. The largest absolute Gasteiger partial charge is 0.482 e. The molecule has 0 saturated carbocycles. The summed E-state index contributed by atoms with van der Waals surface area (Å²) in [6, 6.07) is 8.02. The lowest BCUT2D eigenvalue weighted by atomic mass is 10.2. The minimum absolute atomic E-state index is 0.0854. The zero-order valence-electron chi connectivity index (χ0n) is 16.3. The van der Waals surface area contributed by atoms with E-state index < -0.39 is 15.9 Å². The average molecular weight is 430 g/mol. The average Bonchev–Trinajstić information content (AvgIpc) is 3.30. The van der Waals surface area contributed by atoms with Crippen molar-refractivity contribution in [2.45, 2.75) is 24.3 Å². The molecule has 2 aliphatic rings. The molecule has 0 bridgehead atoms. The van der Waals surface area contributed by atoms with Crippen LogP contribution >= 0.6 is 0 Å². The fourth-order valence-electron chi connectivity index (χ4n) is 3.50. The third-order valence-corrected chi connectivity index (χ3v) is 6.99. The molecule has 0 unspecified atom stereocenters. The van der Waals surface area contributed by atoms with Crippen molar-refractivity contribution in [1.29, 1.82) is 0 Å². The molecule has 10 heteroatoms. The molecule has 0 spiro atoms. The summed E-state index contributed by atoms with van der Waals surface area (Å²) in [5, 5.41) is 2.75. The van der Waals surface area contributed by atoms with E-state index in [1.165, 1.54) is 27.4 Å². The summed E-state index contributed by atoms with van der Waals surface area (Å²) in [6.07, 6.45) is 4.94. The van der Waals surface area contributed by atoms with Crippen molar-refractivity contribution in [3.63, 3.8) is 0 Å². The molecule has 2 amide bonds. The lowest BCUT2D eigenvalue weighted by molar-refractivity contribution is -0.125. The Bertz CT molecular complexity index is 1050. The van der Waals surface area contributed by atoms with Crippen molar-refractivity contribution in [2.75, 3.05) is 31.1 Å². The number of aromatic nitrogens is 1. The molecule has 0 aliphatic carbocycles. The van der Waals surface area contributed by atoms with Crippen LogP contribution in [0.15, 0.2) is 47.6 Å². The zero-order valence-corrected chi connectivity index (χ0v) is 17.1. The molecule has 0 atom stereocenters. The Morgan fingerprint density at radius 2 is 2.00 bits per heavy atom. The molecule has 1 saturated heterocycles. The Labute approximate surface area is 174 Å². The van der Waals surface area contributed by atoms with Crippen molar-refractivity contribution in [3.05, 3.63) is 48.3 Å². The van der Waals surface area contributed by atoms with Crippen molar-refractivity contribution in [2.24, 2.45) is 0 Å². The Kier molecular flexibility index (Phi) is 5.69. The second-order valence-electron chi connectivity index (χ2n) is 7.15. The highest BCUT2D eigenvalue weighted by Gasteiger charge is 2.32. The lowest BCUT2D eigenvalue weighted by Crippen LogP contribution is -2.45. The standard InChI is InChI=1S/C20H22N4O5S/c25-19(22-12-15-4-3-7-21-11-15)13-24-17-10-16(5-6-18(17)29-14-20(24)26)30(27,28)23-8-1-2-9-23/h3-7,10-11H,1-2,8-9,12-14H2,(H,22,25). The van der Waals surface area contributed by atoms with E-state index in [2.05, 4.69) is 10.3 Å². The van der Waals surface area contributed by atoms with E-state index >= 15 is 0 Å². The molecule has 4 rings (SSSR count). The molecule has 2 aromatic rings. The van der Waals surface area contributed by atoms with Gasteiger partial charge in [0.05, 0.1) is 10.6 Å². The van der Waals surface area contributed by atoms with Crippen LogP contribution in [0.1, 0.15) is 18.4 Å². The number of fused-ring (bicyclic) bond motifs is 1. The number of hydrogen-bond donors (Lipinski definition) is 1. The van der Waals surface area contributed by atoms with Gasteiger partial charge in [0.25, 0.3) is 5.91 Å². The van der Waals surface area contributed by atoms with Crippen LogP contribution in [-0.2, 0) is 26.2 Å². The van der Waals surface area contributed by atoms with E-state index in [0.717, 1.165) is 18.4 Å². The maximum atomic E-state index is 12.9. The smallest absolute Gasteiger partial charge is 0.265 e. The van der Waals surface area contributed by atoms with Gasteiger partial charge in [-0.3, -0.25) is 19.5 Å². The number of benzene rings is 1. The Morgan fingerprint density at radius 3 is 2.73 bits per heavy atom. The fourth-order valence-corrected chi connectivity index (χ4v) is 5.03. The van der Waals surface area contributed by atoms with Gasteiger partial charge in [0, 0.05) is 32.0 Å². The van der Waals surface area contributed by atoms with Crippen LogP contribution in [0.4, 0.5) is 5.69 Å². The fraction of sp³-hybridized carbons (Fsp3) is 0.350. The maximum Gasteiger partial charge on any atom is 0.265 e. The summed E-state index contributed by atoms with van der Waals surface area (Å²) >= 11 is 0. The maximum absolute atomic E-state index is 12.9. The highest BCUT2D eigenvalue weighted by molar-refractivity contribution is 7.89. The number of pyridine rings is 1. The number of nitrogens with one attached hydrogen (secondary N) is 1. The molecule has 0 radical (unpaired) electrons. The first kappa shape index (κ1) is 20.3. The van der Waals surface area contributed by atoms with Crippen LogP contribution in [-0.4, -0.2) is 55.8 Å². The van der Waals surface area contributed by atoms with Gasteiger partial charge in [-0.25, -0.2) is 8.42 Å². The summed E-state index contributed by atoms with van der Waals surface area (Å²) in [5.74, 6) is -0.405. The van der Waals surface area contributed by atoms with Gasteiger partial charge in [0.1, 0.15) is 12.3 Å². The molecule has 1 aromatic carbocycles. The molecule has 2 aliphatic heterocycles. The van der Waals surface area contributed by atoms with Crippen LogP contribution in [0.2, 0.25) is 0 Å². The van der Waals surface area contributed by atoms with Gasteiger partial charge in [-0.2, -0.15) is 4.31 Å². The zero-order chi connectivity index (χ0) is 21.1. The van der Waals surface area contributed by atoms with Gasteiger partial charge in [-0.1, -0.05) is 6.07 Å². The summed E-state index contributed by atoms with van der Waals surface area (Å²) in [6.45, 7) is 0.801. The van der Waals surface area contributed by atoms with E-state index in [-0.39, 0.29) is 36.2 Å². The highest BCUT2D eigenvalue weighted by Crippen LogP contribution is 2.35. The second-order valence-corrected chi connectivity index (χ2v) is 9.09. The number of nitrogens with zero attached hydrogens (tertiary/aromatic N) is 3. The molecule has 158 valence electrons. The molecular formula is C20H22N4O5S. The number of rotatable bonds is 6. The molecule has 1 fully saturated rings. The van der Waals surface area contributed by atoms with Gasteiger partial charge in [0.15, 0.2) is 6.61 Å². The van der Waals surface area contributed by atoms with Crippen molar-refractivity contribution < 1.29 is 22.7 Å². The number of hydrogen-bond acceptors (Lipinski definition) is 6. The van der Waals surface area contributed by atoms with Crippen LogP contribution in [0.5, 0.6) is 5.75 Å².